The van der Waals surface area contributed by atoms with E-state index >= 15 is 0 Å². The molecule has 0 bridgehead atoms. The number of nitrogens with zero attached hydrogens (tertiary/aromatic N) is 2. The molecule has 2 aromatic rings. The molecule has 3 rings (SSSR count). The Balaban J connectivity index is 1.65. The second-order valence-corrected chi connectivity index (χ2v) is 6.51. The second kappa shape index (κ2) is 6.53. The van der Waals surface area contributed by atoms with Crippen molar-refractivity contribution in [3.63, 3.8) is 0 Å². The first-order chi connectivity index (χ1) is 9.83. The lowest BCUT2D eigenvalue weighted by Crippen LogP contribution is -2.12. The fraction of sp³-hybridized carbons (Fsp3) is 0.500. The van der Waals surface area contributed by atoms with Crippen LogP contribution in [0.25, 0.3) is 11.0 Å². The number of fused-ring (bicyclic) bond motifs is 1. The topological polar surface area (TPSA) is 37.8 Å². The van der Waals surface area contributed by atoms with E-state index in [9.17, 15) is 0 Å². The highest BCUT2D eigenvalue weighted by atomic mass is 79.9. The Morgan fingerprint density at radius 3 is 2.90 bits per heavy atom. The van der Waals surface area contributed by atoms with E-state index in [1.54, 1.807) is 0 Å². The molecule has 0 aliphatic heterocycles. The summed E-state index contributed by atoms with van der Waals surface area (Å²) >= 11 is 3.44. The van der Waals surface area contributed by atoms with E-state index < -0.39 is 0 Å². The van der Waals surface area contributed by atoms with Gasteiger partial charge in [-0.3, -0.25) is 9.97 Å². The van der Waals surface area contributed by atoms with Crippen LogP contribution in [0.5, 0.6) is 0 Å². The van der Waals surface area contributed by atoms with Gasteiger partial charge in [-0.05, 0) is 40.4 Å². The molecule has 0 spiro atoms. The van der Waals surface area contributed by atoms with Crippen molar-refractivity contribution in [3.8, 4) is 0 Å². The Hall–Kier alpha value is -1.16. The average molecular weight is 334 g/mol. The number of pyridine rings is 2. The molecule has 3 nitrogen and oxygen atoms in total. The highest BCUT2D eigenvalue weighted by molar-refractivity contribution is 9.10. The molecule has 1 aliphatic carbocycles. The van der Waals surface area contributed by atoms with Crippen molar-refractivity contribution in [2.75, 3.05) is 11.9 Å². The second-order valence-electron chi connectivity index (χ2n) is 5.60. The molecule has 2 heterocycles. The third kappa shape index (κ3) is 3.29. The summed E-state index contributed by atoms with van der Waals surface area (Å²) in [4.78, 5) is 8.84. The maximum absolute atomic E-state index is 4.47. The summed E-state index contributed by atoms with van der Waals surface area (Å²) in [7, 11) is 0. The molecular formula is C16H20BrN3. The lowest BCUT2D eigenvalue weighted by molar-refractivity contribution is 0.345. The van der Waals surface area contributed by atoms with E-state index in [1.165, 1.54) is 38.5 Å². The largest absolute Gasteiger partial charge is 0.383 e. The van der Waals surface area contributed by atoms with Gasteiger partial charge in [0.2, 0.25) is 0 Å². The predicted molar refractivity (Wildman–Crippen MR) is 86.9 cm³/mol. The van der Waals surface area contributed by atoms with Gasteiger partial charge in [-0.2, -0.15) is 0 Å². The normalized spacial score (nSPS) is 16.4. The Morgan fingerprint density at radius 2 is 2.05 bits per heavy atom. The molecule has 106 valence electrons. The molecule has 1 aliphatic rings. The quantitative estimate of drug-likeness (QED) is 0.875. The van der Waals surface area contributed by atoms with Crippen LogP contribution in [0.3, 0.4) is 0 Å². The van der Waals surface area contributed by atoms with Gasteiger partial charge in [0.25, 0.3) is 0 Å². The van der Waals surface area contributed by atoms with Crippen molar-refractivity contribution >= 4 is 32.7 Å². The van der Waals surface area contributed by atoms with Crippen molar-refractivity contribution in [1.29, 1.82) is 0 Å². The molecule has 0 aromatic carbocycles. The third-order valence-corrected chi connectivity index (χ3v) is 4.57. The summed E-state index contributed by atoms with van der Waals surface area (Å²) in [6.45, 7) is 1.03. The highest BCUT2D eigenvalue weighted by Gasteiger charge is 2.13. The van der Waals surface area contributed by atoms with Crippen LogP contribution in [0.15, 0.2) is 29.0 Å². The number of nitrogens with one attached hydrogen (secondary N) is 1. The third-order valence-electron chi connectivity index (χ3n) is 4.14. The molecule has 0 saturated heterocycles. The van der Waals surface area contributed by atoms with Crippen LogP contribution in [0.4, 0.5) is 5.69 Å². The smallest absolute Gasteiger partial charge is 0.112 e. The van der Waals surface area contributed by atoms with Gasteiger partial charge in [0, 0.05) is 23.4 Å². The number of hydrogen-bond donors (Lipinski definition) is 1. The lowest BCUT2D eigenvalue weighted by atomic mass is 9.87. The number of halogens is 1. The van der Waals surface area contributed by atoms with Gasteiger partial charge >= 0.3 is 0 Å². The first-order valence-corrected chi connectivity index (χ1v) is 8.26. The molecule has 2 aromatic heterocycles. The van der Waals surface area contributed by atoms with Crippen LogP contribution >= 0.6 is 15.9 Å². The van der Waals surface area contributed by atoms with E-state index in [2.05, 4.69) is 31.2 Å². The predicted octanol–water partition coefficient (Wildman–Crippen LogP) is 4.77. The minimum Gasteiger partial charge on any atom is -0.383 e. The van der Waals surface area contributed by atoms with Crippen LogP contribution in [0, 0.1) is 5.92 Å². The maximum atomic E-state index is 4.47. The number of hydrogen-bond acceptors (Lipinski definition) is 3. The zero-order valence-corrected chi connectivity index (χ0v) is 13.2. The molecule has 4 heteroatoms. The van der Waals surface area contributed by atoms with Gasteiger partial charge in [-0.25, -0.2) is 0 Å². The molecule has 0 unspecified atom stereocenters. The highest BCUT2D eigenvalue weighted by Crippen LogP contribution is 2.27. The molecule has 1 fully saturated rings. The first-order valence-electron chi connectivity index (χ1n) is 7.47. The average Bonchev–Trinajstić information content (AvgIpc) is 2.48. The maximum Gasteiger partial charge on any atom is 0.112 e. The van der Waals surface area contributed by atoms with E-state index in [4.69, 9.17) is 0 Å². The van der Waals surface area contributed by atoms with Gasteiger partial charge < -0.3 is 5.32 Å². The minimum absolute atomic E-state index is 0.909. The fourth-order valence-electron chi connectivity index (χ4n) is 3.03. The molecule has 20 heavy (non-hydrogen) atoms. The van der Waals surface area contributed by atoms with Gasteiger partial charge in [-0.1, -0.05) is 32.1 Å². The van der Waals surface area contributed by atoms with E-state index in [0.717, 1.165) is 33.7 Å². The zero-order valence-electron chi connectivity index (χ0n) is 11.6. The lowest BCUT2D eigenvalue weighted by Gasteiger charge is -2.21. The molecule has 0 atom stereocenters. The fourth-order valence-corrected chi connectivity index (χ4v) is 3.35. The SMILES string of the molecule is Brc1cnc2c(NCCC3CCCCC3)ccnc2c1. The molecule has 1 saturated carbocycles. The number of rotatable bonds is 4. The Labute approximate surface area is 128 Å². The molecular weight excluding hydrogens is 314 g/mol. The monoisotopic (exact) mass is 333 g/mol. The van der Waals surface area contributed by atoms with E-state index in [1.807, 2.05) is 24.5 Å². The van der Waals surface area contributed by atoms with Crippen LogP contribution in [0.2, 0.25) is 0 Å². The van der Waals surface area contributed by atoms with Gasteiger partial charge in [0.1, 0.15) is 5.52 Å². The van der Waals surface area contributed by atoms with Crippen LogP contribution in [-0.4, -0.2) is 16.5 Å². The van der Waals surface area contributed by atoms with Crippen LogP contribution < -0.4 is 5.32 Å². The summed E-state index contributed by atoms with van der Waals surface area (Å²) in [5.74, 6) is 0.909. The van der Waals surface area contributed by atoms with Crippen molar-refractivity contribution in [1.82, 2.24) is 9.97 Å². The molecule has 0 radical (unpaired) electrons. The van der Waals surface area contributed by atoms with Crippen molar-refractivity contribution in [3.05, 3.63) is 29.0 Å². The van der Waals surface area contributed by atoms with Crippen LogP contribution in [0.1, 0.15) is 38.5 Å². The van der Waals surface area contributed by atoms with Gasteiger partial charge in [0.05, 0.1) is 11.2 Å². The van der Waals surface area contributed by atoms with E-state index in [-0.39, 0.29) is 0 Å². The van der Waals surface area contributed by atoms with Gasteiger partial charge in [0.15, 0.2) is 0 Å². The van der Waals surface area contributed by atoms with Crippen molar-refractivity contribution in [2.24, 2.45) is 5.92 Å². The number of aromatic nitrogens is 2. The van der Waals surface area contributed by atoms with Crippen molar-refractivity contribution < 1.29 is 0 Å². The Bertz CT molecular complexity index is 579. The van der Waals surface area contributed by atoms with E-state index in [0.29, 0.717) is 0 Å². The Kier molecular flexibility index (Phi) is 4.51. The standard InChI is InChI=1S/C16H20BrN3/c17-13-10-15-16(20-11-13)14(7-9-19-15)18-8-6-12-4-2-1-3-5-12/h7,9-12H,1-6,8H2,(H,18,19). The summed E-state index contributed by atoms with van der Waals surface area (Å²) < 4.78 is 0.969. The minimum atomic E-state index is 0.909. The summed E-state index contributed by atoms with van der Waals surface area (Å²) in [6.07, 6.45) is 12.0. The van der Waals surface area contributed by atoms with Gasteiger partial charge in [-0.15, -0.1) is 0 Å². The summed E-state index contributed by atoms with van der Waals surface area (Å²) in [6, 6.07) is 4.03. The summed E-state index contributed by atoms with van der Waals surface area (Å²) in [5.41, 5.74) is 2.99. The first kappa shape index (κ1) is 13.8. The molecule has 1 N–H and O–H groups in total. The molecule has 0 amide bonds. The van der Waals surface area contributed by atoms with Crippen LogP contribution in [-0.2, 0) is 0 Å². The Morgan fingerprint density at radius 1 is 1.20 bits per heavy atom. The number of anilines is 1. The zero-order chi connectivity index (χ0) is 13.8. The van der Waals surface area contributed by atoms with Crippen molar-refractivity contribution in [2.45, 2.75) is 38.5 Å². The summed E-state index contributed by atoms with van der Waals surface area (Å²) in [5, 5.41) is 3.54.